The molecule has 0 heterocycles. The lowest BCUT2D eigenvalue weighted by Gasteiger charge is -1.99. The first kappa shape index (κ1) is 12.2. The van der Waals surface area contributed by atoms with Crippen LogP contribution < -0.4 is 0 Å². The first-order valence-corrected chi connectivity index (χ1v) is 5.06. The van der Waals surface area contributed by atoms with Crippen molar-refractivity contribution in [1.29, 1.82) is 0 Å². The molecule has 0 aliphatic heterocycles. The number of rotatable bonds is 7. The van der Waals surface area contributed by atoms with E-state index >= 15 is 0 Å². The lowest BCUT2D eigenvalue weighted by molar-refractivity contribution is -0.140. The van der Waals surface area contributed by atoms with Gasteiger partial charge in [0, 0.05) is 0 Å². The largest absolute Gasteiger partial charge is 0.481 e. The molecule has 2 heteroatoms. The Balaban J connectivity index is 3.35. The summed E-state index contributed by atoms with van der Waals surface area (Å²) >= 11 is 0. The monoisotopic (exact) mass is 184 g/mol. The SMILES string of the molecule is CCCCCC=CCC(C)C(=O)O. The van der Waals surface area contributed by atoms with Crippen LogP contribution in [0.2, 0.25) is 0 Å². The van der Waals surface area contributed by atoms with E-state index < -0.39 is 5.97 Å². The number of allylic oxidation sites excluding steroid dienone is 2. The Morgan fingerprint density at radius 1 is 1.38 bits per heavy atom. The summed E-state index contributed by atoms with van der Waals surface area (Å²) in [6.45, 7) is 3.91. The standard InChI is InChI=1S/C11H20O2/c1-3-4-5-6-7-8-9-10(2)11(12)13/h7-8,10H,3-6,9H2,1-2H3,(H,12,13). The molecule has 0 saturated carbocycles. The Morgan fingerprint density at radius 3 is 2.62 bits per heavy atom. The van der Waals surface area contributed by atoms with Crippen LogP contribution in [0.3, 0.4) is 0 Å². The quantitative estimate of drug-likeness (QED) is 0.487. The molecule has 1 atom stereocenters. The zero-order valence-electron chi connectivity index (χ0n) is 8.62. The molecular formula is C11H20O2. The summed E-state index contributed by atoms with van der Waals surface area (Å²) in [7, 11) is 0. The highest BCUT2D eigenvalue weighted by molar-refractivity contribution is 5.69. The predicted octanol–water partition coefficient (Wildman–Crippen LogP) is 3.23. The first-order chi connectivity index (χ1) is 6.18. The summed E-state index contributed by atoms with van der Waals surface area (Å²) < 4.78 is 0. The van der Waals surface area contributed by atoms with Gasteiger partial charge in [0.05, 0.1) is 5.92 Å². The third kappa shape index (κ3) is 7.57. The minimum Gasteiger partial charge on any atom is -0.481 e. The van der Waals surface area contributed by atoms with Gasteiger partial charge in [0.25, 0.3) is 0 Å². The Hall–Kier alpha value is -0.790. The number of unbranched alkanes of at least 4 members (excludes halogenated alkanes) is 3. The fourth-order valence-corrected chi connectivity index (χ4v) is 1.03. The van der Waals surface area contributed by atoms with E-state index in [9.17, 15) is 4.79 Å². The molecule has 0 aliphatic rings. The minimum absolute atomic E-state index is 0.248. The topological polar surface area (TPSA) is 37.3 Å². The molecule has 0 spiro atoms. The summed E-state index contributed by atoms with van der Waals surface area (Å²) in [6.07, 6.45) is 9.53. The summed E-state index contributed by atoms with van der Waals surface area (Å²) in [4.78, 5) is 10.4. The fourth-order valence-electron chi connectivity index (χ4n) is 1.03. The maximum absolute atomic E-state index is 10.4. The molecule has 0 radical (unpaired) electrons. The molecule has 0 rings (SSSR count). The molecular weight excluding hydrogens is 164 g/mol. The summed E-state index contributed by atoms with van der Waals surface area (Å²) in [6, 6.07) is 0. The van der Waals surface area contributed by atoms with Gasteiger partial charge in [-0.1, -0.05) is 38.8 Å². The average molecular weight is 184 g/mol. The highest BCUT2D eigenvalue weighted by atomic mass is 16.4. The Bertz CT molecular complexity index is 161. The van der Waals surface area contributed by atoms with Crippen LogP contribution >= 0.6 is 0 Å². The van der Waals surface area contributed by atoms with Crippen LogP contribution in [0.4, 0.5) is 0 Å². The van der Waals surface area contributed by atoms with E-state index in [0.717, 1.165) is 6.42 Å². The van der Waals surface area contributed by atoms with Gasteiger partial charge in [-0.2, -0.15) is 0 Å². The van der Waals surface area contributed by atoms with Crippen molar-refractivity contribution in [1.82, 2.24) is 0 Å². The van der Waals surface area contributed by atoms with Gasteiger partial charge < -0.3 is 5.11 Å². The Morgan fingerprint density at radius 2 is 2.08 bits per heavy atom. The van der Waals surface area contributed by atoms with Crippen LogP contribution in [0.25, 0.3) is 0 Å². The van der Waals surface area contributed by atoms with Gasteiger partial charge in [-0.05, 0) is 19.3 Å². The molecule has 0 bridgehead atoms. The summed E-state index contributed by atoms with van der Waals surface area (Å²) in [5.74, 6) is -0.958. The number of hydrogen-bond donors (Lipinski definition) is 1. The van der Waals surface area contributed by atoms with Crippen molar-refractivity contribution >= 4 is 5.97 Å². The minimum atomic E-state index is -0.710. The van der Waals surface area contributed by atoms with Gasteiger partial charge in [-0.25, -0.2) is 0 Å². The Kier molecular flexibility index (Phi) is 7.36. The molecule has 0 aromatic rings. The van der Waals surface area contributed by atoms with Gasteiger partial charge in [0.15, 0.2) is 0 Å². The second kappa shape index (κ2) is 7.84. The van der Waals surface area contributed by atoms with Gasteiger partial charge >= 0.3 is 5.97 Å². The van der Waals surface area contributed by atoms with Gasteiger partial charge in [-0.15, -0.1) is 0 Å². The molecule has 0 aromatic heterocycles. The van der Waals surface area contributed by atoms with Crippen molar-refractivity contribution in [2.24, 2.45) is 5.92 Å². The second-order valence-corrected chi connectivity index (χ2v) is 3.44. The molecule has 1 N–H and O–H groups in total. The zero-order valence-corrected chi connectivity index (χ0v) is 8.62. The van der Waals surface area contributed by atoms with E-state index in [2.05, 4.69) is 13.0 Å². The number of carboxylic acid groups (broad SMARTS) is 1. The van der Waals surface area contributed by atoms with E-state index in [-0.39, 0.29) is 5.92 Å². The van der Waals surface area contributed by atoms with Crippen molar-refractivity contribution in [2.45, 2.75) is 46.0 Å². The lowest BCUT2D eigenvalue weighted by Crippen LogP contribution is -2.07. The maximum atomic E-state index is 10.4. The number of carbonyl (C=O) groups is 1. The highest BCUT2D eigenvalue weighted by Crippen LogP contribution is 2.05. The molecule has 1 unspecified atom stereocenters. The van der Waals surface area contributed by atoms with E-state index in [1.54, 1.807) is 6.92 Å². The third-order valence-corrected chi connectivity index (χ3v) is 2.05. The normalized spacial score (nSPS) is 13.4. The molecule has 0 saturated heterocycles. The van der Waals surface area contributed by atoms with Crippen molar-refractivity contribution in [3.63, 3.8) is 0 Å². The maximum Gasteiger partial charge on any atom is 0.306 e. The van der Waals surface area contributed by atoms with Gasteiger partial charge in [0.2, 0.25) is 0 Å². The van der Waals surface area contributed by atoms with Crippen LogP contribution in [-0.2, 0) is 4.79 Å². The van der Waals surface area contributed by atoms with Crippen LogP contribution in [0.1, 0.15) is 46.0 Å². The van der Waals surface area contributed by atoms with Crippen molar-refractivity contribution in [2.75, 3.05) is 0 Å². The summed E-state index contributed by atoms with van der Waals surface area (Å²) in [5, 5.41) is 8.59. The van der Waals surface area contributed by atoms with E-state index in [1.807, 2.05) is 6.08 Å². The van der Waals surface area contributed by atoms with Crippen LogP contribution in [0.5, 0.6) is 0 Å². The Labute approximate surface area is 80.7 Å². The van der Waals surface area contributed by atoms with E-state index in [0.29, 0.717) is 6.42 Å². The first-order valence-electron chi connectivity index (χ1n) is 5.06. The average Bonchev–Trinajstić information content (AvgIpc) is 2.10. The molecule has 76 valence electrons. The molecule has 0 aromatic carbocycles. The van der Waals surface area contributed by atoms with E-state index in [4.69, 9.17) is 5.11 Å². The van der Waals surface area contributed by atoms with Gasteiger partial charge in [0.1, 0.15) is 0 Å². The van der Waals surface area contributed by atoms with Crippen LogP contribution in [0, 0.1) is 5.92 Å². The second-order valence-electron chi connectivity index (χ2n) is 3.44. The molecule has 0 fully saturated rings. The van der Waals surface area contributed by atoms with Crippen LogP contribution in [-0.4, -0.2) is 11.1 Å². The fraction of sp³-hybridized carbons (Fsp3) is 0.727. The van der Waals surface area contributed by atoms with Crippen molar-refractivity contribution < 1.29 is 9.90 Å². The molecule has 0 aliphatic carbocycles. The lowest BCUT2D eigenvalue weighted by atomic mass is 10.1. The van der Waals surface area contributed by atoms with Crippen LogP contribution in [0.15, 0.2) is 12.2 Å². The molecule has 0 amide bonds. The van der Waals surface area contributed by atoms with Gasteiger partial charge in [-0.3, -0.25) is 4.79 Å². The number of aliphatic carboxylic acids is 1. The smallest absolute Gasteiger partial charge is 0.306 e. The van der Waals surface area contributed by atoms with E-state index in [1.165, 1.54) is 19.3 Å². The predicted molar refractivity (Wildman–Crippen MR) is 54.7 cm³/mol. The molecule has 13 heavy (non-hydrogen) atoms. The number of carboxylic acids is 1. The zero-order chi connectivity index (χ0) is 10.1. The number of hydrogen-bond acceptors (Lipinski definition) is 1. The van der Waals surface area contributed by atoms with Crippen molar-refractivity contribution in [3.05, 3.63) is 12.2 Å². The summed E-state index contributed by atoms with van der Waals surface area (Å²) in [5.41, 5.74) is 0. The third-order valence-electron chi connectivity index (χ3n) is 2.05. The highest BCUT2D eigenvalue weighted by Gasteiger charge is 2.06. The molecule has 2 nitrogen and oxygen atoms in total. The van der Waals surface area contributed by atoms with Crippen molar-refractivity contribution in [3.8, 4) is 0 Å².